The molecule has 0 N–H and O–H groups in total. The maximum absolute atomic E-state index is 10.7. The molecule has 5 nitrogen and oxygen atoms in total. The highest BCUT2D eigenvalue weighted by Gasteiger charge is 2.14. The largest absolute Gasteiger partial charge is 0.250 e. The third kappa shape index (κ3) is 2.67. The number of aryl methyl sites for hydroxylation is 1. The van der Waals surface area contributed by atoms with Gasteiger partial charge in [-0.1, -0.05) is 5.21 Å². The average Bonchev–Trinajstić information content (AvgIpc) is 2.30. The van der Waals surface area contributed by atoms with E-state index in [1.165, 1.54) is 0 Å². The van der Waals surface area contributed by atoms with Crippen molar-refractivity contribution >= 4 is 19.7 Å². The molecule has 1 heterocycles. The van der Waals surface area contributed by atoms with Gasteiger partial charge < -0.3 is 0 Å². The molecule has 1 aromatic rings. The molecule has 0 saturated carbocycles. The fraction of sp³-hybridized carbons (Fsp3) is 0.667. The van der Waals surface area contributed by atoms with E-state index in [1.54, 1.807) is 11.6 Å². The van der Waals surface area contributed by atoms with E-state index in [1.807, 2.05) is 6.92 Å². The molecule has 1 rings (SSSR count). The van der Waals surface area contributed by atoms with Crippen molar-refractivity contribution < 1.29 is 8.42 Å². The standard InChI is InChI=1S/C6H10ClN3O2S/c1-3-10-5(2)6(8-9-10)4-13(7,11)12/h3-4H2,1-2H3. The Hall–Kier alpha value is -0.620. The summed E-state index contributed by atoms with van der Waals surface area (Å²) >= 11 is 0. The van der Waals surface area contributed by atoms with E-state index >= 15 is 0 Å². The minimum absolute atomic E-state index is 0.264. The summed E-state index contributed by atoms with van der Waals surface area (Å²) in [7, 11) is 1.55. The van der Waals surface area contributed by atoms with E-state index in [2.05, 4.69) is 10.3 Å². The van der Waals surface area contributed by atoms with Gasteiger partial charge in [0.2, 0.25) is 9.05 Å². The van der Waals surface area contributed by atoms with Gasteiger partial charge in [0.25, 0.3) is 0 Å². The monoisotopic (exact) mass is 223 g/mol. The van der Waals surface area contributed by atoms with Crippen LogP contribution in [0.25, 0.3) is 0 Å². The molecule has 0 spiro atoms. The summed E-state index contributed by atoms with van der Waals surface area (Å²) < 4.78 is 23.1. The quantitative estimate of drug-likeness (QED) is 0.707. The second kappa shape index (κ2) is 3.63. The molecule has 0 aliphatic rings. The molecule has 0 atom stereocenters. The second-order valence-electron chi connectivity index (χ2n) is 2.62. The van der Waals surface area contributed by atoms with E-state index in [0.717, 1.165) is 5.69 Å². The van der Waals surface area contributed by atoms with Crippen LogP contribution in [0.1, 0.15) is 18.3 Å². The molecule has 0 bridgehead atoms. The normalized spacial score (nSPS) is 11.9. The van der Waals surface area contributed by atoms with E-state index in [-0.39, 0.29) is 5.75 Å². The summed E-state index contributed by atoms with van der Waals surface area (Å²) in [4.78, 5) is 0. The predicted molar refractivity (Wildman–Crippen MR) is 48.9 cm³/mol. The first-order valence-electron chi connectivity index (χ1n) is 3.75. The zero-order chi connectivity index (χ0) is 10.1. The van der Waals surface area contributed by atoms with E-state index in [0.29, 0.717) is 12.2 Å². The van der Waals surface area contributed by atoms with Crippen molar-refractivity contribution in [3.63, 3.8) is 0 Å². The SMILES string of the molecule is CCn1nnc(CS(=O)(=O)Cl)c1C. The summed E-state index contributed by atoms with van der Waals surface area (Å²) in [5.74, 6) is -0.264. The Morgan fingerprint density at radius 2 is 2.15 bits per heavy atom. The molecule has 0 radical (unpaired) electrons. The lowest BCUT2D eigenvalue weighted by atomic mass is 10.4. The summed E-state index contributed by atoms with van der Waals surface area (Å²) in [6.07, 6.45) is 0. The Bertz CT molecular complexity index is 398. The van der Waals surface area contributed by atoms with Gasteiger partial charge >= 0.3 is 0 Å². The van der Waals surface area contributed by atoms with Crippen LogP contribution in [0, 0.1) is 6.92 Å². The number of halogens is 1. The van der Waals surface area contributed by atoms with Crippen LogP contribution in [0.2, 0.25) is 0 Å². The van der Waals surface area contributed by atoms with Gasteiger partial charge in [0, 0.05) is 17.2 Å². The molecule has 0 amide bonds. The number of hydrogen-bond acceptors (Lipinski definition) is 4. The Labute approximate surface area is 81.1 Å². The average molecular weight is 224 g/mol. The Morgan fingerprint density at radius 3 is 2.54 bits per heavy atom. The minimum atomic E-state index is -3.54. The van der Waals surface area contributed by atoms with Crippen molar-refractivity contribution in [3.05, 3.63) is 11.4 Å². The molecule has 0 aromatic carbocycles. The summed E-state index contributed by atoms with van der Waals surface area (Å²) in [5.41, 5.74) is 1.16. The predicted octanol–water partition coefficient (Wildman–Crippen LogP) is 0.675. The highest BCUT2D eigenvalue weighted by atomic mass is 35.7. The first-order valence-corrected chi connectivity index (χ1v) is 6.23. The topological polar surface area (TPSA) is 64.8 Å². The van der Waals surface area contributed by atoms with Gasteiger partial charge in [-0.05, 0) is 13.8 Å². The Kier molecular flexibility index (Phi) is 2.92. The van der Waals surface area contributed by atoms with Gasteiger partial charge in [0.1, 0.15) is 11.4 Å². The molecule has 0 saturated heterocycles. The van der Waals surface area contributed by atoms with Crippen LogP contribution < -0.4 is 0 Å². The molecule has 0 fully saturated rings. The molecule has 0 unspecified atom stereocenters. The summed E-state index contributed by atoms with van der Waals surface area (Å²) in [5, 5.41) is 7.48. The lowest BCUT2D eigenvalue weighted by molar-refractivity contribution is 0.608. The van der Waals surface area contributed by atoms with Gasteiger partial charge in [-0.3, -0.25) is 0 Å². The van der Waals surface area contributed by atoms with Crippen molar-refractivity contribution in [3.8, 4) is 0 Å². The van der Waals surface area contributed by atoms with Crippen molar-refractivity contribution in [1.82, 2.24) is 15.0 Å². The molecule has 7 heteroatoms. The molecular weight excluding hydrogens is 214 g/mol. The van der Waals surface area contributed by atoms with E-state index < -0.39 is 9.05 Å². The number of nitrogens with zero attached hydrogens (tertiary/aromatic N) is 3. The fourth-order valence-corrected chi connectivity index (χ4v) is 1.90. The second-order valence-corrected chi connectivity index (χ2v) is 5.40. The first-order chi connectivity index (χ1) is 5.94. The van der Waals surface area contributed by atoms with Crippen LogP contribution >= 0.6 is 10.7 Å². The molecule has 13 heavy (non-hydrogen) atoms. The van der Waals surface area contributed by atoms with Gasteiger partial charge in [0.15, 0.2) is 0 Å². The number of hydrogen-bond donors (Lipinski definition) is 0. The maximum atomic E-state index is 10.7. The highest BCUT2D eigenvalue weighted by Crippen LogP contribution is 2.10. The third-order valence-electron chi connectivity index (χ3n) is 1.69. The summed E-state index contributed by atoms with van der Waals surface area (Å²) in [6.45, 7) is 4.34. The van der Waals surface area contributed by atoms with Crippen molar-refractivity contribution in [2.24, 2.45) is 0 Å². The molecule has 0 aliphatic carbocycles. The zero-order valence-corrected chi connectivity index (χ0v) is 8.93. The number of aromatic nitrogens is 3. The molecule has 1 aromatic heterocycles. The van der Waals surface area contributed by atoms with Gasteiger partial charge in [0.05, 0.1) is 5.69 Å². The van der Waals surface area contributed by atoms with Crippen molar-refractivity contribution in [2.45, 2.75) is 26.1 Å². The Morgan fingerprint density at radius 1 is 1.54 bits per heavy atom. The third-order valence-corrected chi connectivity index (χ3v) is 2.63. The lowest BCUT2D eigenvalue weighted by Crippen LogP contribution is -2.01. The van der Waals surface area contributed by atoms with Crippen LogP contribution in [-0.2, 0) is 21.3 Å². The number of rotatable bonds is 3. The minimum Gasteiger partial charge on any atom is -0.250 e. The Balaban J connectivity index is 2.97. The van der Waals surface area contributed by atoms with Gasteiger partial charge in [-0.25, -0.2) is 13.1 Å². The molecule has 74 valence electrons. The van der Waals surface area contributed by atoms with Crippen LogP contribution in [0.4, 0.5) is 0 Å². The van der Waals surface area contributed by atoms with E-state index in [9.17, 15) is 8.42 Å². The van der Waals surface area contributed by atoms with Crippen LogP contribution in [0.15, 0.2) is 0 Å². The van der Waals surface area contributed by atoms with Crippen molar-refractivity contribution in [1.29, 1.82) is 0 Å². The molecular formula is C6H10ClN3O2S. The van der Waals surface area contributed by atoms with Crippen LogP contribution in [0.5, 0.6) is 0 Å². The smallest absolute Gasteiger partial charge is 0.238 e. The lowest BCUT2D eigenvalue weighted by Gasteiger charge is -1.97. The fourth-order valence-electron chi connectivity index (χ4n) is 0.993. The first kappa shape index (κ1) is 10.5. The maximum Gasteiger partial charge on any atom is 0.238 e. The van der Waals surface area contributed by atoms with Crippen molar-refractivity contribution in [2.75, 3.05) is 0 Å². The van der Waals surface area contributed by atoms with Gasteiger partial charge in [-0.15, -0.1) is 5.10 Å². The van der Waals surface area contributed by atoms with Crippen LogP contribution in [-0.4, -0.2) is 23.4 Å². The molecule has 0 aliphatic heterocycles. The van der Waals surface area contributed by atoms with E-state index in [4.69, 9.17) is 10.7 Å². The van der Waals surface area contributed by atoms with Crippen LogP contribution in [0.3, 0.4) is 0 Å². The highest BCUT2D eigenvalue weighted by molar-refractivity contribution is 8.13. The zero-order valence-electron chi connectivity index (χ0n) is 7.36. The van der Waals surface area contributed by atoms with Gasteiger partial charge in [-0.2, -0.15) is 0 Å². The summed E-state index contributed by atoms with van der Waals surface area (Å²) in [6, 6.07) is 0.